The van der Waals surface area contributed by atoms with Crippen LogP contribution in [0.2, 0.25) is 0 Å². The van der Waals surface area contributed by atoms with Crippen molar-refractivity contribution in [2.45, 2.75) is 32.7 Å². The van der Waals surface area contributed by atoms with Crippen molar-refractivity contribution in [2.24, 2.45) is 0 Å². The lowest BCUT2D eigenvalue weighted by Crippen LogP contribution is -2.19. The molecule has 0 unspecified atom stereocenters. The van der Waals surface area contributed by atoms with Crippen molar-refractivity contribution >= 4 is 34.6 Å². The maximum absolute atomic E-state index is 12.7. The molecule has 1 amide bonds. The number of amides is 1. The first-order valence-electron chi connectivity index (χ1n) is 10.7. The molecule has 0 atom stereocenters. The number of thiazole rings is 1. The molecule has 0 saturated heterocycles. The summed E-state index contributed by atoms with van der Waals surface area (Å²) < 4.78 is 7.24. The molecule has 2 aromatic heterocycles. The molecular weight excluding hydrogens is 454 g/mol. The number of aromatic amines is 1. The second kappa shape index (κ2) is 10.5. The molecule has 170 valence electrons. The quantitative estimate of drug-likeness (QED) is 0.300. The number of carbonyl (C=O) groups excluding carboxylic acids is 1. The number of H-pyrrole nitrogens is 1. The highest BCUT2D eigenvalue weighted by atomic mass is 32.1. The van der Waals surface area contributed by atoms with Crippen LogP contribution in [-0.2, 0) is 17.8 Å². The first-order valence-corrected chi connectivity index (χ1v) is 12.0. The van der Waals surface area contributed by atoms with Crippen molar-refractivity contribution < 1.29 is 9.53 Å². The van der Waals surface area contributed by atoms with Crippen LogP contribution in [0.4, 0.5) is 5.13 Å². The van der Waals surface area contributed by atoms with Gasteiger partial charge in [-0.15, -0.1) is 11.3 Å². The third-order valence-corrected chi connectivity index (χ3v) is 6.30. The number of hydrogen-bond acceptors (Lipinski definition) is 6. The summed E-state index contributed by atoms with van der Waals surface area (Å²) >= 11 is 6.73. The lowest BCUT2D eigenvalue weighted by atomic mass is 10.1. The van der Waals surface area contributed by atoms with Gasteiger partial charge in [0.15, 0.2) is 15.7 Å². The van der Waals surface area contributed by atoms with Crippen LogP contribution < -0.4 is 10.1 Å². The molecule has 4 rings (SSSR count). The Hall–Kier alpha value is -3.30. The van der Waals surface area contributed by atoms with Crippen LogP contribution in [0, 0.1) is 4.77 Å². The van der Waals surface area contributed by atoms with E-state index < -0.39 is 0 Å². The lowest BCUT2D eigenvalue weighted by molar-refractivity contribution is -0.116. The zero-order chi connectivity index (χ0) is 23.2. The number of ether oxygens (including phenoxy) is 1. The van der Waals surface area contributed by atoms with E-state index in [1.807, 2.05) is 29.6 Å². The summed E-state index contributed by atoms with van der Waals surface area (Å²) in [5, 5.41) is 12.4. The third kappa shape index (κ3) is 5.55. The molecule has 0 radical (unpaired) electrons. The average Bonchev–Trinajstić information content (AvgIpc) is 3.45. The maximum atomic E-state index is 12.7. The van der Waals surface area contributed by atoms with Gasteiger partial charge < -0.3 is 10.1 Å². The second-order valence-electron chi connectivity index (χ2n) is 7.55. The standard InChI is InChI=1S/C24H25N5O2S2/c1-3-4-5-16-6-8-17(9-7-16)20-15-33-23(25-20)26-21(30)14-29-22(27-28-24(29)32)18-10-12-19(31-2)13-11-18/h6-13,15H,3-5,14H2,1-2H3,(H,28,32)(H,25,26,30). The second-order valence-corrected chi connectivity index (χ2v) is 8.80. The van der Waals surface area contributed by atoms with Gasteiger partial charge in [0.05, 0.1) is 12.8 Å². The molecule has 2 N–H and O–H groups in total. The van der Waals surface area contributed by atoms with Gasteiger partial charge in [-0.3, -0.25) is 14.5 Å². The van der Waals surface area contributed by atoms with E-state index in [2.05, 4.69) is 51.7 Å². The van der Waals surface area contributed by atoms with Crippen molar-refractivity contribution in [3.63, 3.8) is 0 Å². The molecule has 0 fully saturated rings. The Labute approximate surface area is 201 Å². The summed E-state index contributed by atoms with van der Waals surface area (Å²) in [6, 6.07) is 15.9. The fourth-order valence-corrected chi connectivity index (χ4v) is 4.35. The molecule has 0 saturated carbocycles. The molecule has 2 heterocycles. The van der Waals surface area contributed by atoms with Crippen molar-refractivity contribution in [2.75, 3.05) is 12.4 Å². The molecule has 7 nitrogen and oxygen atoms in total. The Bertz CT molecular complexity index is 1270. The Balaban J connectivity index is 1.43. The molecule has 4 aromatic rings. The van der Waals surface area contributed by atoms with Gasteiger partial charge in [-0.2, -0.15) is 5.10 Å². The van der Waals surface area contributed by atoms with Crippen LogP contribution in [0.5, 0.6) is 5.75 Å². The van der Waals surface area contributed by atoms with E-state index in [0.29, 0.717) is 15.7 Å². The van der Waals surface area contributed by atoms with Gasteiger partial charge in [0, 0.05) is 16.5 Å². The van der Waals surface area contributed by atoms with Gasteiger partial charge in [-0.1, -0.05) is 37.6 Å². The van der Waals surface area contributed by atoms with E-state index in [0.717, 1.165) is 29.0 Å². The predicted octanol–water partition coefficient (Wildman–Crippen LogP) is 5.72. The summed E-state index contributed by atoms with van der Waals surface area (Å²) in [5.74, 6) is 1.10. The molecular formula is C24H25N5O2S2. The van der Waals surface area contributed by atoms with Crippen molar-refractivity contribution in [3.8, 4) is 28.4 Å². The van der Waals surface area contributed by atoms with Gasteiger partial charge in [0.2, 0.25) is 5.91 Å². The van der Waals surface area contributed by atoms with Gasteiger partial charge in [-0.05, 0) is 54.9 Å². The summed E-state index contributed by atoms with van der Waals surface area (Å²) in [5.41, 5.74) is 4.03. The minimum Gasteiger partial charge on any atom is -0.497 e. The monoisotopic (exact) mass is 479 g/mol. The Morgan fingerprint density at radius 2 is 1.88 bits per heavy atom. The van der Waals surface area contributed by atoms with E-state index in [1.54, 1.807) is 11.7 Å². The Kier molecular flexibility index (Phi) is 7.31. The first kappa shape index (κ1) is 22.9. The van der Waals surface area contributed by atoms with E-state index in [1.165, 1.54) is 29.7 Å². The highest BCUT2D eigenvalue weighted by Crippen LogP contribution is 2.26. The van der Waals surface area contributed by atoms with Gasteiger partial charge in [-0.25, -0.2) is 4.98 Å². The minimum absolute atomic E-state index is 0.0255. The summed E-state index contributed by atoms with van der Waals surface area (Å²) in [7, 11) is 1.61. The number of unbranched alkanes of at least 4 members (excludes halogenated alkanes) is 1. The number of hydrogen-bond donors (Lipinski definition) is 2. The Morgan fingerprint density at radius 3 is 2.58 bits per heavy atom. The maximum Gasteiger partial charge on any atom is 0.246 e. The van der Waals surface area contributed by atoms with Crippen LogP contribution in [-0.4, -0.2) is 32.8 Å². The average molecular weight is 480 g/mol. The SMILES string of the molecule is CCCCc1ccc(-c2csc(NC(=O)Cn3c(-c4ccc(OC)cc4)n[nH]c3=S)n2)cc1. The number of aryl methyl sites for hydroxylation is 1. The molecule has 0 aliphatic heterocycles. The highest BCUT2D eigenvalue weighted by molar-refractivity contribution is 7.71. The van der Waals surface area contributed by atoms with E-state index in [4.69, 9.17) is 17.0 Å². The smallest absolute Gasteiger partial charge is 0.246 e. The van der Waals surface area contributed by atoms with Crippen LogP contribution in [0.1, 0.15) is 25.3 Å². The molecule has 0 spiro atoms. The fraction of sp³-hybridized carbons (Fsp3) is 0.250. The molecule has 33 heavy (non-hydrogen) atoms. The van der Waals surface area contributed by atoms with E-state index in [-0.39, 0.29) is 12.5 Å². The van der Waals surface area contributed by atoms with E-state index >= 15 is 0 Å². The number of benzene rings is 2. The van der Waals surface area contributed by atoms with Crippen molar-refractivity contribution in [3.05, 3.63) is 64.2 Å². The number of anilines is 1. The zero-order valence-corrected chi connectivity index (χ0v) is 20.1. The summed E-state index contributed by atoms with van der Waals surface area (Å²) in [6.45, 7) is 2.22. The number of nitrogens with zero attached hydrogens (tertiary/aromatic N) is 3. The van der Waals surface area contributed by atoms with Crippen molar-refractivity contribution in [1.82, 2.24) is 19.7 Å². The zero-order valence-electron chi connectivity index (χ0n) is 18.5. The van der Waals surface area contributed by atoms with Crippen LogP contribution in [0.15, 0.2) is 53.9 Å². The minimum atomic E-state index is -0.224. The van der Waals surface area contributed by atoms with Crippen molar-refractivity contribution in [1.29, 1.82) is 0 Å². The normalized spacial score (nSPS) is 10.8. The van der Waals surface area contributed by atoms with Gasteiger partial charge in [0.25, 0.3) is 0 Å². The van der Waals surface area contributed by atoms with Crippen LogP contribution in [0.25, 0.3) is 22.6 Å². The summed E-state index contributed by atoms with van der Waals surface area (Å²) in [4.78, 5) is 17.3. The molecule has 2 aromatic carbocycles. The van der Waals surface area contributed by atoms with Crippen LogP contribution in [0.3, 0.4) is 0 Å². The highest BCUT2D eigenvalue weighted by Gasteiger charge is 2.14. The van der Waals surface area contributed by atoms with E-state index in [9.17, 15) is 4.79 Å². The number of aromatic nitrogens is 4. The fourth-order valence-electron chi connectivity index (χ4n) is 3.41. The Morgan fingerprint density at radius 1 is 1.15 bits per heavy atom. The topological polar surface area (TPSA) is 84.8 Å². The molecule has 0 aliphatic carbocycles. The predicted molar refractivity (Wildman–Crippen MR) is 134 cm³/mol. The number of carbonyl (C=O) groups is 1. The van der Waals surface area contributed by atoms with Crippen LogP contribution >= 0.6 is 23.6 Å². The third-order valence-electron chi connectivity index (χ3n) is 5.23. The number of nitrogens with one attached hydrogen (secondary N) is 2. The molecule has 9 heteroatoms. The number of methoxy groups -OCH3 is 1. The first-order chi connectivity index (χ1) is 16.1. The van der Waals surface area contributed by atoms with Gasteiger partial charge in [0.1, 0.15) is 12.3 Å². The van der Waals surface area contributed by atoms with Gasteiger partial charge >= 0.3 is 0 Å². The largest absolute Gasteiger partial charge is 0.497 e. The number of rotatable bonds is 9. The molecule has 0 bridgehead atoms. The lowest BCUT2D eigenvalue weighted by Gasteiger charge is -2.07. The molecule has 0 aliphatic rings. The summed E-state index contributed by atoms with van der Waals surface area (Å²) in [6.07, 6.45) is 3.46.